The topological polar surface area (TPSA) is 104 Å². The SMILES string of the molecule is Cc1cc(C(=O)N2CCN(C(=O)Nc3ccc4c(c3)NC(=O)[C@@H](C)O4)CC2)c(C)o1. The molecule has 2 aromatic rings. The Hall–Kier alpha value is -3.49. The summed E-state index contributed by atoms with van der Waals surface area (Å²) in [5.74, 6) is 1.57. The fraction of sp³-hybridized carbons (Fsp3) is 0.381. The molecule has 3 heterocycles. The van der Waals surface area contributed by atoms with Gasteiger partial charge in [-0.25, -0.2) is 4.79 Å². The summed E-state index contributed by atoms with van der Waals surface area (Å²) in [6, 6.07) is 6.60. The minimum Gasteiger partial charge on any atom is -0.479 e. The Morgan fingerprint density at radius 1 is 1.10 bits per heavy atom. The van der Waals surface area contributed by atoms with Gasteiger partial charge >= 0.3 is 6.03 Å². The van der Waals surface area contributed by atoms with Crippen LogP contribution in [-0.4, -0.2) is 59.9 Å². The van der Waals surface area contributed by atoms with Crippen LogP contribution in [0.3, 0.4) is 0 Å². The molecular weight excluding hydrogens is 388 g/mol. The van der Waals surface area contributed by atoms with Gasteiger partial charge in [-0.05, 0) is 45.0 Å². The maximum atomic E-state index is 12.7. The average Bonchev–Trinajstić information content (AvgIpc) is 3.06. The number of amides is 4. The van der Waals surface area contributed by atoms with Crippen LogP contribution < -0.4 is 15.4 Å². The summed E-state index contributed by atoms with van der Waals surface area (Å²) in [7, 11) is 0. The molecular formula is C21H24N4O5. The number of aryl methyl sites for hydroxylation is 2. The third-order valence-corrected chi connectivity index (χ3v) is 5.29. The summed E-state index contributed by atoms with van der Waals surface area (Å²) in [5.41, 5.74) is 1.65. The van der Waals surface area contributed by atoms with E-state index >= 15 is 0 Å². The lowest BCUT2D eigenvalue weighted by atomic mass is 10.2. The van der Waals surface area contributed by atoms with Crippen molar-refractivity contribution in [2.75, 3.05) is 36.8 Å². The molecule has 0 bridgehead atoms. The zero-order valence-corrected chi connectivity index (χ0v) is 17.2. The molecule has 0 spiro atoms. The second-order valence-corrected chi connectivity index (χ2v) is 7.50. The van der Waals surface area contributed by atoms with Gasteiger partial charge in [-0.3, -0.25) is 9.59 Å². The molecule has 0 aliphatic carbocycles. The molecule has 1 fully saturated rings. The van der Waals surface area contributed by atoms with Gasteiger partial charge in [0.05, 0.1) is 11.3 Å². The first-order chi connectivity index (χ1) is 14.3. The van der Waals surface area contributed by atoms with Gasteiger partial charge in [0, 0.05) is 31.9 Å². The number of carbonyl (C=O) groups excluding carboxylic acids is 3. The standard InChI is InChI=1S/C21H24N4O5/c1-12-10-16(13(2)29-12)20(27)24-6-8-25(9-7-24)21(28)22-15-4-5-18-17(11-15)23-19(26)14(3)30-18/h4-5,10-11,14H,6-9H2,1-3H3,(H,22,28)(H,23,26)/t14-/m1/s1. The maximum absolute atomic E-state index is 12.7. The van der Waals surface area contributed by atoms with E-state index in [2.05, 4.69) is 10.6 Å². The van der Waals surface area contributed by atoms with Crippen LogP contribution in [0.2, 0.25) is 0 Å². The van der Waals surface area contributed by atoms with Crippen molar-refractivity contribution in [2.45, 2.75) is 26.9 Å². The second kappa shape index (κ2) is 7.74. The van der Waals surface area contributed by atoms with Crippen LogP contribution in [0.25, 0.3) is 0 Å². The van der Waals surface area contributed by atoms with Gasteiger partial charge in [0.25, 0.3) is 11.8 Å². The van der Waals surface area contributed by atoms with E-state index in [1.807, 2.05) is 6.92 Å². The van der Waals surface area contributed by atoms with E-state index in [0.29, 0.717) is 60.4 Å². The number of nitrogens with zero attached hydrogens (tertiary/aromatic N) is 2. The van der Waals surface area contributed by atoms with Crippen LogP contribution in [0.4, 0.5) is 16.2 Å². The zero-order chi connectivity index (χ0) is 21.4. The number of urea groups is 1. The average molecular weight is 412 g/mol. The van der Waals surface area contributed by atoms with Crippen LogP contribution in [-0.2, 0) is 4.79 Å². The molecule has 1 aromatic heterocycles. The lowest BCUT2D eigenvalue weighted by molar-refractivity contribution is -0.122. The molecule has 9 heteroatoms. The number of anilines is 2. The van der Waals surface area contributed by atoms with E-state index < -0.39 is 6.10 Å². The van der Waals surface area contributed by atoms with Gasteiger partial charge in [-0.2, -0.15) is 0 Å². The third-order valence-electron chi connectivity index (χ3n) is 5.29. The first-order valence-electron chi connectivity index (χ1n) is 9.85. The van der Waals surface area contributed by atoms with Crippen molar-refractivity contribution in [3.05, 3.63) is 41.3 Å². The second-order valence-electron chi connectivity index (χ2n) is 7.50. The fourth-order valence-electron chi connectivity index (χ4n) is 3.62. The van der Waals surface area contributed by atoms with Gasteiger partial charge in [0.1, 0.15) is 17.3 Å². The number of benzene rings is 1. The monoisotopic (exact) mass is 412 g/mol. The molecule has 0 unspecified atom stereocenters. The normalized spacial score (nSPS) is 18.4. The molecule has 0 radical (unpaired) electrons. The first-order valence-corrected chi connectivity index (χ1v) is 9.85. The molecule has 1 aromatic carbocycles. The van der Waals surface area contributed by atoms with Crippen LogP contribution >= 0.6 is 0 Å². The lowest BCUT2D eigenvalue weighted by Crippen LogP contribution is -2.51. The number of fused-ring (bicyclic) bond motifs is 1. The molecule has 4 amide bonds. The highest BCUT2D eigenvalue weighted by atomic mass is 16.5. The van der Waals surface area contributed by atoms with Crippen molar-refractivity contribution < 1.29 is 23.5 Å². The smallest absolute Gasteiger partial charge is 0.321 e. The number of rotatable bonds is 2. The summed E-state index contributed by atoms with van der Waals surface area (Å²) in [5, 5.41) is 5.60. The van der Waals surface area contributed by atoms with E-state index in [9.17, 15) is 14.4 Å². The number of hydrogen-bond acceptors (Lipinski definition) is 5. The maximum Gasteiger partial charge on any atom is 0.321 e. The molecule has 9 nitrogen and oxygen atoms in total. The van der Waals surface area contributed by atoms with Crippen LogP contribution in [0.5, 0.6) is 5.75 Å². The summed E-state index contributed by atoms with van der Waals surface area (Å²) in [6.07, 6.45) is -0.549. The number of nitrogens with one attached hydrogen (secondary N) is 2. The van der Waals surface area contributed by atoms with Crippen LogP contribution in [0, 0.1) is 13.8 Å². The number of carbonyl (C=O) groups is 3. The number of ether oxygens (including phenoxy) is 1. The summed E-state index contributed by atoms with van der Waals surface area (Å²) in [6.45, 7) is 7.00. The van der Waals surface area contributed by atoms with Gasteiger partial charge < -0.3 is 29.6 Å². The molecule has 30 heavy (non-hydrogen) atoms. The molecule has 2 aliphatic heterocycles. The van der Waals surface area contributed by atoms with E-state index in [4.69, 9.17) is 9.15 Å². The zero-order valence-electron chi connectivity index (χ0n) is 17.2. The molecule has 0 saturated carbocycles. The summed E-state index contributed by atoms with van der Waals surface area (Å²) >= 11 is 0. The highest BCUT2D eigenvalue weighted by Gasteiger charge is 2.27. The third kappa shape index (κ3) is 3.83. The van der Waals surface area contributed by atoms with E-state index in [0.717, 1.165) is 0 Å². The molecule has 1 atom stereocenters. The van der Waals surface area contributed by atoms with E-state index in [1.54, 1.807) is 47.9 Å². The van der Waals surface area contributed by atoms with Crippen molar-refractivity contribution in [1.29, 1.82) is 0 Å². The molecule has 2 aliphatic rings. The van der Waals surface area contributed by atoms with Crippen molar-refractivity contribution in [3.8, 4) is 5.75 Å². The highest BCUT2D eigenvalue weighted by Crippen LogP contribution is 2.32. The van der Waals surface area contributed by atoms with Crippen LogP contribution in [0.1, 0.15) is 28.8 Å². The fourth-order valence-corrected chi connectivity index (χ4v) is 3.62. The van der Waals surface area contributed by atoms with E-state index in [1.165, 1.54) is 0 Å². The predicted octanol–water partition coefficient (Wildman–Crippen LogP) is 2.61. The Morgan fingerprint density at radius 3 is 2.47 bits per heavy atom. The Kier molecular flexibility index (Phi) is 5.11. The number of furan rings is 1. The van der Waals surface area contributed by atoms with Crippen molar-refractivity contribution in [2.24, 2.45) is 0 Å². The van der Waals surface area contributed by atoms with Crippen LogP contribution in [0.15, 0.2) is 28.7 Å². The summed E-state index contributed by atoms with van der Waals surface area (Å²) < 4.78 is 11.0. The van der Waals surface area contributed by atoms with Gasteiger partial charge in [-0.1, -0.05) is 0 Å². The molecule has 158 valence electrons. The first kappa shape index (κ1) is 19.8. The van der Waals surface area contributed by atoms with E-state index in [-0.39, 0.29) is 17.8 Å². The minimum absolute atomic E-state index is 0.0796. The number of piperazine rings is 1. The molecule has 2 N–H and O–H groups in total. The molecule has 4 rings (SSSR count). The lowest BCUT2D eigenvalue weighted by Gasteiger charge is -2.34. The quantitative estimate of drug-likeness (QED) is 0.789. The Morgan fingerprint density at radius 2 is 1.80 bits per heavy atom. The minimum atomic E-state index is -0.549. The summed E-state index contributed by atoms with van der Waals surface area (Å²) in [4.78, 5) is 40.5. The number of hydrogen-bond donors (Lipinski definition) is 2. The van der Waals surface area contributed by atoms with Gasteiger partial charge in [0.15, 0.2) is 6.10 Å². The van der Waals surface area contributed by atoms with Crippen molar-refractivity contribution >= 4 is 29.2 Å². The van der Waals surface area contributed by atoms with Gasteiger partial charge in [0.2, 0.25) is 0 Å². The largest absolute Gasteiger partial charge is 0.479 e. The Balaban J connectivity index is 1.35. The predicted molar refractivity (Wildman–Crippen MR) is 110 cm³/mol. The van der Waals surface area contributed by atoms with Crippen molar-refractivity contribution in [1.82, 2.24) is 9.80 Å². The van der Waals surface area contributed by atoms with Gasteiger partial charge in [-0.15, -0.1) is 0 Å². The Labute approximate surface area is 174 Å². The Bertz CT molecular complexity index is 1010. The molecule has 1 saturated heterocycles. The van der Waals surface area contributed by atoms with Crippen molar-refractivity contribution in [3.63, 3.8) is 0 Å². The highest BCUT2D eigenvalue weighted by molar-refractivity contribution is 5.99.